The molecule has 0 bridgehead atoms. The van der Waals surface area contributed by atoms with Crippen LogP contribution in [-0.2, 0) is 10.2 Å². The predicted molar refractivity (Wildman–Crippen MR) is 97.0 cm³/mol. The molecule has 5 rings (SSSR count). The highest BCUT2D eigenvalue weighted by Crippen LogP contribution is 2.45. The number of anilines is 1. The third-order valence-corrected chi connectivity index (χ3v) is 5.62. The van der Waals surface area contributed by atoms with E-state index >= 15 is 0 Å². The van der Waals surface area contributed by atoms with E-state index in [1.807, 2.05) is 24.4 Å². The van der Waals surface area contributed by atoms with Gasteiger partial charge in [-0.2, -0.15) is 0 Å². The lowest BCUT2D eigenvalue weighted by atomic mass is 9.71. The van der Waals surface area contributed by atoms with Crippen molar-refractivity contribution in [2.75, 3.05) is 11.9 Å². The zero-order valence-corrected chi connectivity index (χ0v) is 14.1. The number of nitrogens with one attached hydrogen (secondary N) is 2. The van der Waals surface area contributed by atoms with Crippen molar-refractivity contribution in [2.24, 2.45) is 0 Å². The van der Waals surface area contributed by atoms with Crippen molar-refractivity contribution in [3.63, 3.8) is 0 Å². The minimum absolute atomic E-state index is 0.0544. The second-order valence-corrected chi connectivity index (χ2v) is 7.13. The molecule has 1 aliphatic carbocycles. The summed E-state index contributed by atoms with van der Waals surface area (Å²) in [7, 11) is 0. The lowest BCUT2D eigenvalue weighted by Gasteiger charge is -2.37. The maximum Gasteiger partial charge on any atom is 0.228 e. The fraction of sp³-hybridized carbons (Fsp3) is 0.167. The highest BCUT2D eigenvalue weighted by atomic mass is 79.9. The van der Waals surface area contributed by atoms with Gasteiger partial charge < -0.3 is 10.3 Å². The Balaban J connectivity index is 1.98. The molecule has 0 saturated carbocycles. The Morgan fingerprint density at radius 3 is 3.00 bits per heavy atom. The van der Waals surface area contributed by atoms with Crippen LogP contribution in [0.5, 0.6) is 0 Å². The average Bonchev–Trinajstić information content (AvgIpc) is 3.02. The van der Waals surface area contributed by atoms with Crippen molar-refractivity contribution in [3.8, 4) is 0 Å². The van der Waals surface area contributed by atoms with Crippen LogP contribution in [-0.4, -0.2) is 22.3 Å². The van der Waals surface area contributed by atoms with Crippen LogP contribution >= 0.6 is 15.9 Å². The molecule has 24 heavy (non-hydrogen) atoms. The van der Waals surface area contributed by atoms with Gasteiger partial charge in [0.15, 0.2) is 5.78 Å². The molecule has 3 aromatic rings. The third-order valence-electron chi connectivity index (χ3n) is 5.00. The minimum atomic E-state index is -0.483. The van der Waals surface area contributed by atoms with Crippen LogP contribution in [0.2, 0.25) is 0 Å². The number of nitrogens with zero attached hydrogens (tertiary/aromatic N) is 1. The Hall–Kier alpha value is -2.47. The first-order valence-electron chi connectivity index (χ1n) is 7.72. The molecule has 1 aliphatic heterocycles. The largest absolute Gasteiger partial charge is 0.381 e. The Morgan fingerprint density at radius 2 is 2.17 bits per heavy atom. The van der Waals surface area contributed by atoms with E-state index in [0.29, 0.717) is 22.2 Å². The van der Waals surface area contributed by atoms with E-state index < -0.39 is 5.41 Å². The van der Waals surface area contributed by atoms with Gasteiger partial charge in [-0.25, -0.2) is 0 Å². The number of H-pyrrole nitrogens is 1. The number of allylic oxidation sites excluding steroid dienone is 4. The Bertz CT molecular complexity index is 1140. The van der Waals surface area contributed by atoms with Crippen molar-refractivity contribution in [2.45, 2.75) is 11.8 Å². The molecule has 0 saturated heterocycles. The molecule has 0 radical (unpaired) electrons. The van der Waals surface area contributed by atoms with Gasteiger partial charge in [0, 0.05) is 40.7 Å². The molecular formula is C18H12BrN3O2. The number of carbonyl (C=O) groups excluding carboxylic acids is 1. The van der Waals surface area contributed by atoms with Gasteiger partial charge >= 0.3 is 0 Å². The number of fused-ring (bicyclic) bond motifs is 3. The number of hydrogen-bond donors (Lipinski definition) is 2. The van der Waals surface area contributed by atoms with E-state index in [1.165, 1.54) is 0 Å². The number of rotatable bonds is 0. The van der Waals surface area contributed by atoms with E-state index in [9.17, 15) is 9.59 Å². The highest BCUT2D eigenvalue weighted by Gasteiger charge is 2.39. The number of benzene rings is 1. The Labute approximate surface area is 144 Å². The maximum atomic E-state index is 13.0. The molecular weight excluding hydrogens is 370 g/mol. The van der Waals surface area contributed by atoms with Crippen LogP contribution in [0, 0.1) is 0 Å². The van der Waals surface area contributed by atoms with Gasteiger partial charge in [0.25, 0.3) is 0 Å². The van der Waals surface area contributed by atoms with Crippen LogP contribution in [0.15, 0.2) is 46.0 Å². The molecule has 0 amide bonds. The summed E-state index contributed by atoms with van der Waals surface area (Å²) in [4.78, 5) is 32.4. The second kappa shape index (κ2) is 4.54. The van der Waals surface area contributed by atoms with Gasteiger partial charge in [-0.15, -0.1) is 0 Å². The number of pyridine rings is 1. The Morgan fingerprint density at radius 1 is 1.29 bits per heavy atom. The molecule has 2 aliphatic rings. The number of ketones is 1. The molecule has 1 spiro atoms. The topological polar surface area (TPSA) is 74.8 Å². The molecule has 6 heteroatoms. The van der Waals surface area contributed by atoms with Crippen LogP contribution in [0.3, 0.4) is 0 Å². The first-order chi connectivity index (χ1) is 11.6. The molecule has 3 heterocycles. The number of halogens is 1. The monoisotopic (exact) mass is 381 g/mol. The maximum absolute atomic E-state index is 13.0. The van der Waals surface area contributed by atoms with Gasteiger partial charge in [0.05, 0.1) is 15.7 Å². The summed E-state index contributed by atoms with van der Waals surface area (Å²) in [5, 5.41) is 5.05. The third kappa shape index (κ3) is 1.61. The van der Waals surface area contributed by atoms with E-state index in [2.05, 4.69) is 31.2 Å². The van der Waals surface area contributed by atoms with Crippen LogP contribution < -0.4 is 10.7 Å². The molecule has 1 aromatic carbocycles. The SMILES string of the molecule is O=C1C=C[C@@]2(C=C1Br)CCNc1c2c2[nH]ccc3cnc(c1=O)c32. The van der Waals surface area contributed by atoms with E-state index in [4.69, 9.17) is 0 Å². The van der Waals surface area contributed by atoms with Crippen molar-refractivity contribution in [1.29, 1.82) is 0 Å². The summed E-state index contributed by atoms with van der Waals surface area (Å²) >= 11 is 3.37. The summed E-state index contributed by atoms with van der Waals surface area (Å²) in [5.41, 5.74) is 2.29. The number of carbonyl (C=O) groups is 1. The van der Waals surface area contributed by atoms with Gasteiger partial charge in [-0.3, -0.25) is 14.6 Å². The summed E-state index contributed by atoms with van der Waals surface area (Å²) in [6.45, 7) is 0.659. The molecule has 5 nitrogen and oxygen atoms in total. The molecule has 0 unspecified atom stereocenters. The quantitative estimate of drug-likeness (QED) is 0.627. The van der Waals surface area contributed by atoms with Gasteiger partial charge in [-0.1, -0.05) is 12.2 Å². The smallest absolute Gasteiger partial charge is 0.228 e. The van der Waals surface area contributed by atoms with Gasteiger partial charge in [0.1, 0.15) is 5.52 Å². The number of aromatic nitrogens is 2. The first kappa shape index (κ1) is 13.9. The molecule has 2 aromatic heterocycles. The van der Waals surface area contributed by atoms with Gasteiger partial charge in [0.2, 0.25) is 5.43 Å². The van der Waals surface area contributed by atoms with Gasteiger partial charge in [-0.05, 0) is 34.5 Å². The molecule has 2 N–H and O–H groups in total. The first-order valence-corrected chi connectivity index (χ1v) is 8.52. The molecule has 118 valence electrons. The lowest BCUT2D eigenvalue weighted by Crippen LogP contribution is -2.36. The summed E-state index contributed by atoms with van der Waals surface area (Å²) in [6, 6.07) is 1.92. The van der Waals surface area contributed by atoms with Crippen molar-refractivity contribution >= 4 is 49.2 Å². The van der Waals surface area contributed by atoms with Crippen molar-refractivity contribution < 1.29 is 4.79 Å². The fourth-order valence-electron chi connectivity index (χ4n) is 3.92. The Kier molecular flexibility index (Phi) is 2.63. The summed E-state index contributed by atoms with van der Waals surface area (Å²) in [6.07, 6.45) is 9.79. The lowest BCUT2D eigenvalue weighted by molar-refractivity contribution is -0.110. The highest BCUT2D eigenvalue weighted by molar-refractivity contribution is 9.12. The zero-order chi connectivity index (χ0) is 16.5. The standard InChI is InChI=1S/C18H12BrN3O2/c19-10-7-18(3-1-11(10)23)4-6-21-16-13(18)14-12-9(2-5-20-14)8-22-15(12)17(16)24/h1-3,5,7-8,20-21H,4,6H2/t18-/m0/s1. The van der Waals surface area contributed by atoms with E-state index in [-0.39, 0.29) is 11.2 Å². The second-order valence-electron chi connectivity index (χ2n) is 6.28. The fourth-order valence-corrected chi connectivity index (χ4v) is 4.46. The van der Waals surface area contributed by atoms with Crippen LogP contribution in [0.1, 0.15) is 12.0 Å². The molecule has 1 atom stereocenters. The summed E-state index contributed by atoms with van der Waals surface area (Å²) in [5.74, 6) is -0.0544. The van der Waals surface area contributed by atoms with Crippen LogP contribution in [0.25, 0.3) is 21.8 Å². The minimum Gasteiger partial charge on any atom is -0.381 e. The number of hydrogen-bond acceptors (Lipinski definition) is 4. The average molecular weight is 382 g/mol. The zero-order valence-electron chi connectivity index (χ0n) is 12.5. The predicted octanol–water partition coefficient (Wildman–Crippen LogP) is 2.99. The number of aromatic amines is 1. The van der Waals surface area contributed by atoms with Crippen molar-refractivity contribution in [3.05, 3.63) is 57.0 Å². The molecule has 0 fully saturated rings. The summed E-state index contributed by atoms with van der Waals surface area (Å²) < 4.78 is 0.532. The van der Waals surface area contributed by atoms with E-state index in [1.54, 1.807) is 12.3 Å². The van der Waals surface area contributed by atoms with Crippen LogP contribution in [0.4, 0.5) is 5.69 Å². The van der Waals surface area contributed by atoms with E-state index in [0.717, 1.165) is 28.3 Å². The normalized spacial score (nSPS) is 22.9. The van der Waals surface area contributed by atoms with Crippen molar-refractivity contribution in [1.82, 2.24) is 9.97 Å².